The second kappa shape index (κ2) is 13.8. The van der Waals surface area contributed by atoms with Crippen molar-refractivity contribution in [2.75, 3.05) is 0 Å². The fourth-order valence-corrected chi connectivity index (χ4v) is 20.4. The van der Waals surface area contributed by atoms with Crippen LogP contribution in [0.25, 0.3) is 99.4 Å². The van der Waals surface area contributed by atoms with Crippen molar-refractivity contribution in [3.05, 3.63) is 241 Å². The van der Waals surface area contributed by atoms with Crippen LogP contribution in [0.15, 0.2) is 218 Å². The van der Waals surface area contributed by atoms with Crippen molar-refractivity contribution in [3.63, 3.8) is 0 Å². The Bertz CT molecular complexity index is 3860. The van der Waals surface area contributed by atoms with Gasteiger partial charge in [0.1, 0.15) is 16.1 Å². The molecule has 0 nitrogen and oxygen atoms in total. The van der Waals surface area contributed by atoms with E-state index in [1.165, 1.54) is 142 Å². The van der Waals surface area contributed by atoms with Crippen LogP contribution < -0.4 is 20.7 Å². The van der Waals surface area contributed by atoms with Gasteiger partial charge in [-0.05, 0) is 149 Å². The van der Waals surface area contributed by atoms with Crippen molar-refractivity contribution >= 4 is 58.4 Å². The van der Waals surface area contributed by atoms with Gasteiger partial charge in [0.25, 0.3) is 0 Å². The van der Waals surface area contributed by atoms with Gasteiger partial charge in [-0.15, -0.1) is 0 Å². The predicted octanol–water partition coefficient (Wildman–Crippen LogP) is 14.9. The third-order valence-corrected chi connectivity index (χ3v) is 24.2. The van der Waals surface area contributed by atoms with E-state index in [9.17, 15) is 0 Å². The summed E-state index contributed by atoms with van der Waals surface area (Å²) in [6.45, 7) is 10.1. The van der Waals surface area contributed by atoms with Crippen LogP contribution in [0.5, 0.6) is 0 Å². The molecule has 0 saturated carbocycles. The summed E-state index contributed by atoms with van der Waals surface area (Å²) in [4.78, 5) is 0. The van der Waals surface area contributed by atoms with E-state index in [4.69, 9.17) is 0 Å². The van der Waals surface area contributed by atoms with Crippen molar-refractivity contribution < 1.29 is 0 Å². The molecular formula is C67H48Si2. The van der Waals surface area contributed by atoms with Crippen LogP contribution in [-0.4, -0.2) is 16.1 Å². The second-order valence-electron chi connectivity index (χ2n) is 21.0. The molecule has 0 unspecified atom stereocenters. The minimum absolute atomic E-state index is 0.500. The van der Waals surface area contributed by atoms with Crippen molar-refractivity contribution in [3.8, 4) is 77.9 Å². The minimum Gasteiger partial charge on any atom is -0.0623 e. The van der Waals surface area contributed by atoms with Crippen LogP contribution in [0.2, 0.25) is 26.2 Å². The molecule has 2 heteroatoms. The van der Waals surface area contributed by atoms with Gasteiger partial charge in [0.2, 0.25) is 0 Å². The predicted molar refractivity (Wildman–Crippen MR) is 298 cm³/mol. The van der Waals surface area contributed by atoms with E-state index in [0.29, 0.717) is 0 Å². The third kappa shape index (κ3) is 4.88. The third-order valence-electron chi connectivity index (χ3n) is 17.1. The lowest BCUT2D eigenvalue weighted by atomic mass is 9.68. The lowest BCUT2D eigenvalue weighted by Gasteiger charge is -2.32. The lowest BCUT2D eigenvalue weighted by Crippen LogP contribution is -2.49. The molecule has 2 aliphatic carbocycles. The minimum atomic E-state index is -1.94. The molecule has 324 valence electrons. The zero-order valence-corrected chi connectivity index (χ0v) is 41.3. The molecule has 0 fully saturated rings. The largest absolute Gasteiger partial charge is 0.113 e. The van der Waals surface area contributed by atoms with Crippen LogP contribution in [0.4, 0.5) is 0 Å². The Morgan fingerprint density at radius 3 is 1.07 bits per heavy atom. The van der Waals surface area contributed by atoms with Gasteiger partial charge >= 0.3 is 0 Å². The Hall–Kier alpha value is -7.63. The Kier molecular flexibility index (Phi) is 7.85. The van der Waals surface area contributed by atoms with Crippen molar-refractivity contribution in [1.82, 2.24) is 0 Å². The van der Waals surface area contributed by atoms with E-state index in [0.717, 1.165) is 0 Å². The summed E-state index contributed by atoms with van der Waals surface area (Å²) >= 11 is 0. The Morgan fingerprint density at radius 2 is 0.580 bits per heavy atom. The highest BCUT2D eigenvalue weighted by molar-refractivity contribution is 7.04. The lowest BCUT2D eigenvalue weighted by molar-refractivity contribution is 0.796. The highest BCUT2D eigenvalue weighted by Gasteiger charge is 2.53. The molecule has 0 aromatic heterocycles. The quantitative estimate of drug-likeness (QED) is 0.122. The highest BCUT2D eigenvalue weighted by Crippen LogP contribution is 2.65. The van der Waals surface area contributed by atoms with Crippen LogP contribution >= 0.6 is 0 Å². The molecule has 0 saturated heterocycles. The van der Waals surface area contributed by atoms with Gasteiger partial charge in [-0.2, -0.15) is 0 Å². The molecule has 0 bridgehead atoms. The van der Waals surface area contributed by atoms with E-state index in [1.54, 1.807) is 0 Å². The SMILES string of the molecule is C[Si]1(C)c2ccccc2-c2c(-c3cccc4c(-c5cccc6c5C5(c7ccccc7-c7ccccc75)c5ccccc5-6)c5cccc(-c6cccc7c6-c6ccccc6[Si]7(C)C)c5cc34)cccc21. The number of benzene rings is 11. The molecule has 69 heavy (non-hydrogen) atoms. The Labute approximate surface area is 406 Å². The molecule has 4 aliphatic rings. The molecule has 0 N–H and O–H groups in total. The number of rotatable bonds is 3. The summed E-state index contributed by atoms with van der Waals surface area (Å²) in [5, 5.41) is 11.3. The summed E-state index contributed by atoms with van der Waals surface area (Å²) in [6, 6.07) is 84.6. The summed E-state index contributed by atoms with van der Waals surface area (Å²) in [5.41, 5.74) is 23.8. The summed E-state index contributed by atoms with van der Waals surface area (Å²) in [5.74, 6) is 0. The van der Waals surface area contributed by atoms with Gasteiger partial charge in [-0.1, -0.05) is 239 Å². The first-order valence-electron chi connectivity index (χ1n) is 24.7. The molecule has 0 atom stereocenters. The topological polar surface area (TPSA) is 0 Å². The average molecular weight is 909 g/mol. The zero-order chi connectivity index (χ0) is 46.0. The van der Waals surface area contributed by atoms with Crippen LogP contribution in [-0.2, 0) is 5.41 Å². The number of fused-ring (bicyclic) bond motifs is 18. The van der Waals surface area contributed by atoms with E-state index in [-0.39, 0.29) is 0 Å². The first kappa shape index (κ1) is 39.4. The van der Waals surface area contributed by atoms with Crippen molar-refractivity contribution in [2.24, 2.45) is 0 Å². The highest BCUT2D eigenvalue weighted by atomic mass is 28.3. The van der Waals surface area contributed by atoms with E-state index >= 15 is 0 Å². The van der Waals surface area contributed by atoms with E-state index in [2.05, 4.69) is 245 Å². The fraction of sp³-hybridized carbons (Fsp3) is 0.0746. The van der Waals surface area contributed by atoms with Gasteiger partial charge in [0.15, 0.2) is 0 Å². The van der Waals surface area contributed by atoms with Gasteiger partial charge in [-0.25, -0.2) is 0 Å². The van der Waals surface area contributed by atoms with Gasteiger partial charge in [-0.3, -0.25) is 0 Å². The zero-order valence-electron chi connectivity index (χ0n) is 39.3. The Morgan fingerprint density at radius 1 is 0.246 bits per heavy atom. The monoisotopic (exact) mass is 908 g/mol. The molecule has 11 aromatic carbocycles. The number of hydrogen-bond donors (Lipinski definition) is 0. The molecular weight excluding hydrogens is 861 g/mol. The van der Waals surface area contributed by atoms with Crippen LogP contribution in [0.3, 0.4) is 0 Å². The van der Waals surface area contributed by atoms with E-state index in [1.807, 2.05) is 0 Å². The maximum Gasteiger partial charge on any atom is 0.113 e. The van der Waals surface area contributed by atoms with Crippen molar-refractivity contribution in [2.45, 2.75) is 31.6 Å². The maximum absolute atomic E-state index is 2.58. The maximum atomic E-state index is 2.58. The van der Waals surface area contributed by atoms with E-state index < -0.39 is 21.6 Å². The summed E-state index contributed by atoms with van der Waals surface area (Å²) in [7, 11) is -3.88. The Balaban J connectivity index is 1.11. The first-order chi connectivity index (χ1) is 33.8. The second-order valence-corrected chi connectivity index (χ2v) is 29.6. The van der Waals surface area contributed by atoms with Crippen LogP contribution in [0, 0.1) is 0 Å². The fourth-order valence-electron chi connectivity index (χ4n) is 14.2. The average Bonchev–Trinajstić information content (AvgIpc) is 4.03. The molecule has 15 rings (SSSR count). The molecule has 1 spiro atoms. The van der Waals surface area contributed by atoms with Gasteiger partial charge in [0, 0.05) is 0 Å². The molecule has 0 amide bonds. The normalized spacial score (nSPS) is 15.3. The molecule has 0 radical (unpaired) electrons. The number of hydrogen-bond acceptors (Lipinski definition) is 0. The molecule has 11 aromatic rings. The summed E-state index contributed by atoms with van der Waals surface area (Å²) in [6.07, 6.45) is 0. The smallest absolute Gasteiger partial charge is 0.0623 e. The standard InChI is InChI=1S/C67H48Si2/c1-68(2)59-36-13-8-23-51(59)64-46(29-18-38-61(64)68)41-25-15-27-48-54(41)40-55-42(47-30-19-39-62-65(47)52-24-9-14-37-60(52)69(62,3)4)26-16-28-49(55)63(48)53-32-17-31-50-45-22-7-12-35-58(45)67(66(50)53)56-33-10-5-20-43(56)44-21-6-11-34-57(44)67/h5-40H,1-4H3. The summed E-state index contributed by atoms with van der Waals surface area (Å²) < 4.78 is 0. The molecule has 2 heterocycles. The first-order valence-corrected chi connectivity index (χ1v) is 30.7. The van der Waals surface area contributed by atoms with Gasteiger partial charge in [0.05, 0.1) is 5.41 Å². The molecule has 2 aliphatic heterocycles. The van der Waals surface area contributed by atoms with Crippen molar-refractivity contribution in [1.29, 1.82) is 0 Å². The van der Waals surface area contributed by atoms with Crippen LogP contribution in [0.1, 0.15) is 22.3 Å². The van der Waals surface area contributed by atoms with Gasteiger partial charge < -0.3 is 0 Å².